The minimum atomic E-state index is -4.65. The summed E-state index contributed by atoms with van der Waals surface area (Å²) in [5, 5.41) is 20.6. The summed E-state index contributed by atoms with van der Waals surface area (Å²) < 4.78 is 44.7. The molecule has 0 aliphatic heterocycles. The van der Waals surface area contributed by atoms with Crippen molar-refractivity contribution < 1.29 is 32.9 Å². The molecular formula is C24H18F3N3O4. The van der Waals surface area contributed by atoms with Gasteiger partial charge in [0.25, 0.3) is 0 Å². The molecule has 0 bridgehead atoms. The van der Waals surface area contributed by atoms with Gasteiger partial charge in [-0.15, -0.1) is 0 Å². The van der Waals surface area contributed by atoms with Gasteiger partial charge in [0.05, 0.1) is 29.7 Å². The standard InChI is InChI=1S/C24H18F3N3O4/c1-34-23(33)14-6-4-5-13(11-14)20-28-21(16-7-2-3-8-18(16)31)30-22(29-20)17-12-15(24(25,26)27)9-10-19(17)32/h2-5,7-12,14,31-32H,6H2,1H3. The van der Waals surface area contributed by atoms with Gasteiger partial charge >= 0.3 is 12.1 Å². The summed E-state index contributed by atoms with van der Waals surface area (Å²) >= 11 is 0. The second kappa shape index (κ2) is 8.97. The Kier molecular flexibility index (Phi) is 6.06. The highest BCUT2D eigenvalue weighted by atomic mass is 19.4. The first-order chi connectivity index (χ1) is 16.2. The average Bonchev–Trinajstić information content (AvgIpc) is 2.83. The van der Waals surface area contributed by atoms with Gasteiger partial charge in [-0.05, 0) is 36.8 Å². The second-order valence-electron chi connectivity index (χ2n) is 7.44. The number of rotatable bonds is 4. The number of aromatic hydroxyl groups is 2. The molecule has 3 aromatic rings. The van der Waals surface area contributed by atoms with Crippen molar-refractivity contribution in [3.63, 3.8) is 0 Å². The smallest absolute Gasteiger partial charge is 0.416 e. The maximum absolute atomic E-state index is 13.3. The van der Waals surface area contributed by atoms with Crippen LogP contribution < -0.4 is 0 Å². The van der Waals surface area contributed by atoms with Gasteiger partial charge in [0, 0.05) is 5.57 Å². The Morgan fingerprint density at radius 3 is 2.29 bits per heavy atom. The number of hydrogen-bond donors (Lipinski definition) is 2. The van der Waals surface area contributed by atoms with Crippen LogP contribution in [0.4, 0.5) is 13.2 Å². The van der Waals surface area contributed by atoms with Crippen LogP contribution in [-0.4, -0.2) is 38.2 Å². The summed E-state index contributed by atoms with van der Waals surface area (Å²) in [6, 6.07) is 8.57. The summed E-state index contributed by atoms with van der Waals surface area (Å²) in [6.07, 6.45) is 0.725. The highest BCUT2D eigenvalue weighted by Crippen LogP contribution is 2.37. The van der Waals surface area contributed by atoms with Crippen LogP contribution in [0.3, 0.4) is 0 Å². The third-order valence-corrected chi connectivity index (χ3v) is 5.18. The van der Waals surface area contributed by atoms with Crippen molar-refractivity contribution >= 4 is 11.5 Å². The van der Waals surface area contributed by atoms with Crippen molar-refractivity contribution in [3.8, 4) is 34.3 Å². The van der Waals surface area contributed by atoms with Gasteiger partial charge in [-0.2, -0.15) is 13.2 Å². The van der Waals surface area contributed by atoms with Crippen LogP contribution in [0.2, 0.25) is 0 Å². The summed E-state index contributed by atoms with van der Waals surface area (Å²) in [5.41, 5.74) is -0.633. The molecule has 34 heavy (non-hydrogen) atoms. The number of carbonyl (C=O) groups excluding carboxylic acids is 1. The lowest BCUT2D eigenvalue weighted by Gasteiger charge is -2.16. The normalized spacial score (nSPS) is 15.6. The van der Waals surface area contributed by atoms with E-state index in [1.54, 1.807) is 30.4 Å². The Hall–Kier alpha value is -4.21. The zero-order valence-electron chi connectivity index (χ0n) is 17.7. The van der Waals surface area contributed by atoms with E-state index >= 15 is 0 Å². The Morgan fingerprint density at radius 1 is 0.971 bits per heavy atom. The van der Waals surface area contributed by atoms with Gasteiger partial charge in [-0.3, -0.25) is 4.79 Å². The van der Waals surface area contributed by atoms with E-state index in [9.17, 15) is 28.2 Å². The number of hydrogen-bond acceptors (Lipinski definition) is 7. The fourth-order valence-corrected chi connectivity index (χ4v) is 3.45. The molecular weight excluding hydrogens is 451 g/mol. The number of alkyl halides is 3. The van der Waals surface area contributed by atoms with Gasteiger partial charge in [0.1, 0.15) is 11.5 Å². The predicted octanol–water partition coefficient (Wildman–Crippen LogP) is 4.77. The molecule has 1 heterocycles. The van der Waals surface area contributed by atoms with E-state index in [1.165, 1.54) is 19.2 Å². The number of carbonyl (C=O) groups is 1. The number of esters is 1. The Bertz CT molecular complexity index is 1320. The van der Waals surface area contributed by atoms with Gasteiger partial charge in [-0.1, -0.05) is 30.4 Å². The highest BCUT2D eigenvalue weighted by Gasteiger charge is 2.32. The van der Waals surface area contributed by atoms with Crippen LogP contribution in [0, 0.1) is 5.92 Å². The number of phenols is 2. The van der Waals surface area contributed by atoms with E-state index in [2.05, 4.69) is 15.0 Å². The molecule has 1 atom stereocenters. The van der Waals surface area contributed by atoms with Crippen molar-refractivity contribution in [2.45, 2.75) is 12.6 Å². The van der Waals surface area contributed by atoms with Crippen LogP contribution in [0.15, 0.2) is 60.7 Å². The Morgan fingerprint density at radius 2 is 1.62 bits per heavy atom. The number of phenolic OH excluding ortho intramolecular Hbond substituents is 2. The lowest BCUT2D eigenvalue weighted by molar-refractivity contribution is -0.143. The van der Waals surface area contributed by atoms with Crippen molar-refractivity contribution in [1.29, 1.82) is 0 Å². The van der Waals surface area contributed by atoms with Gasteiger partial charge < -0.3 is 14.9 Å². The summed E-state index contributed by atoms with van der Waals surface area (Å²) in [4.78, 5) is 24.9. The van der Waals surface area contributed by atoms with Crippen molar-refractivity contribution in [3.05, 3.63) is 72.1 Å². The largest absolute Gasteiger partial charge is 0.507 e. The van der Waals surface area contributed by atoms with Crippen LogP contribution in [0.1, 0.15) is 17.8 Å². The molecule has 174 valence electrons. The first kappa shape index (κ1) is 23.0. The maximum Gasteiger partial charge on any atom is 0.416 e. The van der Waals surface area contributed by atoms with Crippen LogP contribution in [0.25, 0.3) is 28.3 Å². The molecule has 10 heteroatoms. The van der Waals surface area contributed by atoms with E-state index in [-0.39, 0.29) is 34.3 Å². The van der Waals surface area contributed by atoms with Crippen molar-refractivity contribution in [1.82, 2.24) is 15.0 Å². The van der Waals surface area contributed by atoms with Crippen LogP contribution in [0.5, 0.6) is 11.5 Å². The number of nitrogens with zero attached hydrogens (tertiary/aromatic N) is 3. The summed E-state index contributed by atoms with van der Waals surface area (Å²) in [6.45, 7) is 0. The fraction of sp³-hybridized carbons (Fsp3) is 0.167. The zero-order valence-corrected chi connectivity index (χ0v) is 17.7. The third-order valence-electron chi connectivity index (χ3n) is 5.18. The monoisotopic (exact) mass is 469 g/mol. The highest BCUT2D eigenvalue weighted by molar-refractivity contribution is 5.82. The van der Waals surface area contributed by atoms with Crippen molar-refractivity contribution in [2.75, 3.05) is 7.11 Å². The minimum Gasteiger partial charge on any atom is -0.507 e. The first-order valence-electron chi connectivity index (χ1n) is 10.1. The molecule has 0 radical (unpaired) electrons. The molecule has 1 aliphatic rings. The molecule has 2 aromatic carbocycles. The molecule has 1 aliphatic carbocycles. The molecule has 1 unspecified atom stereocenters. The SMILES string of the molecule is COC(=O)C1C=C(c2nc(-c3ccccc3O)nc(-c3cc(C(F)(F)F)ccc3O)n2)C=CC1. The van der Waals surface area contributed by atoms with Crippen LogP contribution in [-0.2, 0) is 15.7 Å². The minimum absolute atomic E-state index is 0.0237. The molecule has 0 fully saturated rings. The molecule has 0 saturated carbocycles. The molecule has 7 nitrogen and oxygen atoms in total. The molecule has 0 spiro atoms. The van der Waals surface area contributed by atoms with E-state index in [1.807, 2.05) is 0 Å². The lowest BCUT2D eigenvalue weighted by Crippen LogP contribution is -2.16. The van der Waals surface area contributed by atoms with E-state index in [0.29, 0.717) is 12.0 Å². The fourth-order valence-electron chi connectivity index (χ4n) is 3.45. The van der Waals surface area contributed by atoms with Gasteiger partial charge in [0.15, 0.2) is 17.5 Å². The number of benzene rings is 2. The summed E-state index contributed by atoms with van der Waals surface area (Å²) in [5.74, 6) is -1.89. The van der Waals surface area contributed by atoms with Gasteiger partial charge in [0.2, 0.25) is 0 Å². The Balaban J connectivity index is 1.93. The summed E-state index contributed by atoms with van der Waals surface area (Å²) in [7, 11) is 1.27. The van der Waals surface area contributed by atoms with E-state index < -0.39 is 29.4 Å². The number of para-hydroxylation sites is 1. The topological polar surface area (TPSA) is 105 Å². The average molecular weight is 469 g/mol. The lowest BCUT2D eigenvalue weighted by atomic mass is 9.96. The molecule has 4 rings (SSSR count). The van der Waals surface area contributed by atoms with E-state index in [4.69, 9.17) is 4.74 Å². The third kappa shape index (κ3) is 4.61. The second-order valence-corrected chi connectivity index (χ2v) is 7.44. The molecule has 0 saturated heterocycles. The van der Waals surface area contributed by atoms with Crippen molar-refractivity contribution in [2.24, 2.45) is 5.92 Å². The molecule has 1 aromatic heterocycles. The number of aromatic nitrogens is 3. The van der Waals surface area contributed by atoms with Gasteiger partial charge in [-0.25, -0.2) is 15.0 Å². The van der Waals surface area contributed by atoms with Crippen LogP contribution >= 0.6 is 0 Å². The number of allylic oxidation sites excluding steroid dienone is 3. The maximum atomic E-state index is 13.3. The number of halogens is 3. The number of ether oxygens (including phenoxy) is 1. The molecule has 2 N–H and O–H groups in total. The first-order valence-corrected chi connectivity index (χ1v) is 10.1. The number of methoxy groups -OCH3 is 1. The predicted molar refractivity (Wildman–Crippen MR) is 116 cm³/mol. The molecule has 0 amide bonds. The zero-order chi connectivity index (χ0) is 24.5. The van der Waals surface area contributed by atoms with E-state index in [0.717, 1.165) is 18.2 Å². The quantitative estimate of drug-likeness (QED) is 0.531. The Labute approximate surface area is 191 Å².